The van der Waals surface area contributed by atoms with Gasteiger partial charge in [-0.2, -0.15) is 5.10 Å². The molecule has 1 aromatic rings. The number of aromatic nitrogens is 2. The van der Waals surface area contributed by atoms with Crippen molar-refractivity contribution in [1.29, 1.82) is 0 Å². The van der Waals surface area contributed by atoms with Crippen molar-refractivity contribution < 1.29 is 9.59 Å². The van der Waals surface area contributed by atoms with Crippen LogP contribution >= 0.6 is 0 Å². The molecule has 1 rings (SSSR count). The number of nitrogens with two attached hydrogens (primary N) is 1. The lowest BCUT2D eigenvalue weighted by Gasteiger charge is -2.01. The third-order valence-electron chi connectivity index (χ3n) is 1.53. The van der Waals surface area contributed by atoms with E-state index in [0.717, 1.165) is 0 Å². The second-order valence-electron chi connectivity index (χ2n) is 2.56. The summed E-state index contributed by atoms with van der Waals surface area (Å²) < 4.78 is 0. The maximum atomic E-state index is 11.3. The molecule has 0 spiro atoms. The second kappa shape index (κ2) is 4.26. The monoisotopic (exact) mass is 197 g/mol. The van der Waals surface area contributed by atoms with Crippen LogP contribution in [-0.2, 0) is 4.79 Å². The number of amides is 2. The summed E-state index contributed by atoms with van der Waals surface area (Å²) in [7, 11) is 1.49. The van der Waals surface area contributed by atoms with Crippen LogP contribution in [0.15, 0.2) is 6.07 Å². The van der Waals surface area contributed by atoms with Crippen molar-refractivity contribution in [1.82, 2.24) is 20.8 Å². The lowest BCUT2D eigenvalue weighted by atomic mass is 10.4. The minimum Gasteiger partial charge on any atom is -0.382 e. The van der Waals surface area contributed by atoms with Crippen molar-refractivity contribution in [3.63, 3.8) is 0 Å². The fraction of sp³-hybridized carbons (Fsp3) is 0.286. The molecule has 0 fully saturated rings. The molecule has 0 atom stereocenters. The lowest BCUT2D eigenvalue weighted by molar-refractivity contribution is -0.119. The Bertz CT molecular complexity index is 346. The van der Waals surface area contributed by atoms with Crippen LogP contribution in [0.2, 0.25) is 0 Å². The SMILES string of the molecule is CNC(=O)CNC(=O)c1cc(N)n[nH]1. The number of aromatic amines is 1. The number of rotatable bonds is 3. The van der Waals surface area contributed by atoms with Gasteiger partial charge in [0.15, 0.2) is 0 Å². The van der Waals surface area contributed by atoms with Crippen LogP contribution in [0.25, 0.3) is 0 Å². The molecule has 7 nitrogen and oxygen atoms in total. The van der Waals surface area contributed by atoms with Gasteiger partial charge in [-0.15, -0.1) is 0 Å². The van der Waals surface area contributed by atoms with Gasteiger partial charge in [0.05, 0.1) is 6.54 Å². The summed E-state index contributed by atoms with van der Waals surface area (Å²) in [6.07, 6.45) is 0. The molecule has 0 aliphatic heterocycles. The van der Waals surface area contributed by atoms with Gasteiger partial charge in [0.1, 0.15) is 11.5 Å². The van der Waals surface area contributed by atoms with Crippen LogP contribution in [0, 0.1) is 0 Å². The average molecular weight is 197 g/mol. The summed E-state index contributed by atoms with van der Waals surface area (Å²) in [6.45, 7) is -0.0751. The molecule has 76 valence electrons. The maximum absolute atomic E-state index is 11.3. The number of hydrogen-bond donors (Lipinski definition) is 4. The number of anilines is 1. The van der Waals surface area contributed by atoms with Gasteiger partial charge in [0, 0.05) is 13.1 Å². The third-order valence-corrected chi connectivity index (χ3v) is 1.53. The molecular weight excluding hydrogens is 186 g/mol. The van der Waals surface area contributed by atoms with Crippen LogP contribution in [0.4, 0.5) is 5.82 Å². The fourth-order valence-corrected chi connectivity index (χ4v) is 0.798. The highest BCUT2D eigenvalue weighted by Gasteiger charge is 2.09. The summed E-state index contributed by atoms with van der Waals surface area (Å²) in [5.41, 5.74) is 5.53. The number of carbonyl (C=O) groups excluding carboxylic acids is 2. The van der Waals surface area contributed by atoms with Gasteiger partial charge in [-0.25, -0.2) is 0 Å². The molecule has 5 N–H and O–H groups in total. The largest absolute Gasteiger partial charge is 0.382 e. The molecule has 0 saturated carbocycles. The molecule has 1 aromatic heterocycles. The molecule has 0 radical (unpaired) electrons. The van der Waals surface area contributed by atoms with Crippen LogP contribution in [-0.4, -0.2) is 35.6 Å². The van der Waals surface area contributed by atoms with Gasteiger partial charge in [0.2, 0.25) is 5.91 Å². The average Bonchev–Trinajstić information content (AvgIpc) is 2.60. The number of carbonyl (C=O) groups is 2. The van der Waals surface area contributed by atoms with E-state index in [0.29, 0.717) is 0 Å². The van der Waals surface area contributed by atoms with E-state index >= 15 is 0 Å². The summed E-state index contributed by atoms with van der Waals surface area (Å²) >= 11 is 0. The van der Waals surface area contributed by atoms with Crippen LogP contribution in [0.1, 0.15) is 10.5 Å². The Kier molecular flexibility index (Phi) is 3.05. The van der Waals surface area contributed by atoms with Gasteiger partial charge < -0.3 is 16.4 Å². The lowest BCUT2D eigenvalue weighted by Crippen LogP contribution is -2.35. The van der Waals surface area contributed by atoms with Crippen LogP contribution in [0.3, 0.4) is 0 Å². The molecule has 0 bridgehead atoms. The molecule has 0 saturated heterocycles. The smallest absolute Gasteiger partial charge is 0.269 e. The van der Waals surface area contributed by atoms with Crippen molar-refractivity contribution in [2.24, 2.45) is 0 Å². The first-order chi connectivity index (χ1) is 6.63. The van der Waals surface area contributed by atoms with E-state index in [1.165, 1.54) is 13.1 Å². The minimum absolute atomic E-state index is 0.0751. The highest BCUT2D eigenvalue weighted by atomic mass is 16.2. The highest BCUT2D eigenvalue weighted by Crippen LogP contribution is 1.98. The van der Waals surface area contributed by atoms with Gasteiger partial charge in [-0.05, 0) is 0 Å². The van der Waals surface area contributed by atoms with E-state index < -0.39 is 5.91 Å². The molecule has 7 heteroatoms. The number of H-pyrrole nitrogens is 1. The Hall–Kier alpha value is -2.05. The molecule has 0 aliphatic carbocycles. The normalized spacial score (nSPS) is 9.50. The van der Waals surface area contributed by atoms with E-state index in [1.807, 2.05) is 0 Å². The summed E-state index contributed by atoms with van der Waals surface area (Å²) in [4.78, 5) is 22.0. The Balaban J connectivity index is 2.47. The first kappa shape index (κ1) is 10.0. The predicted molar refractivity (Wildman–Crippen MR) is 49.4 cm³/mol. The van der Waals surface area contributed by atoms with E-state index in [2.05, 4.69) is 20.8 Å². The topological polar surface area (TPSA) is 113 Å². The van der Waals surface area contributed by atoms with Gasteiger partial charge in [-0.3, -0.25) is 14.7 Å². The van der Waals surface area contributed by atoms with E-state index in [9.17, 15) is 9.59 Å². The molecule has 0 aromatic carbocycles. The molecule has 14 heavy (non-hydrogen) atoms. The predicted octanol–water partition coefficient (Wildman–Crippen LogP) is -1.53. The zero-order valence-corrected chi connectivity index (χ0v) is 7.63. The summed E-state index contributed by atoms with van der Waals surface area (Å²) in [5, 5.41) is 10.8. The molecule has 0 unspecified atom stereocenters. The number of nitrogens with one attached hydrogen (secondary N) is 3. The Morgan fingerprint density at radius 1 is 1.64 bits per heavy atom. The van der Waals surface area contributed by atoms with Crippen molar-refractivity contribution >= 4 is 17.6 Å². The number of hydrogen-bond acceptors (Lipinski definition) is 4. The number of likely N-dealkylation sites (N-methyl/N-ethyl adjacent to an activating group) is 1. The third kappa shape index (κ3) is 2.47. The fourth-order valence-electron chi connectivity index (χ4n) is 0.798. The van der Waals surface area contributed by atoms with E-state index in [1.54, 1.807) is 0 Å². The zero-order chi connectivity index (χ0) is 10.6. The molecule has 2 amide bonds. The minimum atomic E-state index is -0.419. The van der Waals surface area contributed by atoms with E-state index in [-0.39, 0.29) is 24.0 Å². The van der Waals surface area contributed by atoms with Crippen LogP contribution < -0.4 is 16.4 Å². The molecule has 1 heterocycles. The second-order valence-corrected chi connectivity index (χ2v) is 2.56. The molecule has 0 aliphatic rings. The molecular formula is C7H11N5O2. The van der Waals surface area contributed by atoms with Crippen molar-refractivity contribution in [3.8, 4) is 0 Å². The Morgan fingerprint density at radius 2 is 2.36 bits per heavy atom. The van der Waals surface area contributed by atoms with E-state index in [4.69, 9.17) is 5.73 Å². The van der Waals surface area contributed by atoms with Crippen molar-refractivity contribution in [2.45, 2.75) is 0 Å². The standard InChI is InChI=1S/C7H11N5O2/c1-9-6(13)3-10-7(14)4-2-5(8)12-11-4/h2H,3H2,1H3,(H,9,13)(H,10,14)(H3,8,11,12). The van der Waals surface area contributed by atoms with Crippen molar-refractivity contribution in [2.75, 3.05) is 19.3 Å². The summed E-state index contributed by atoms with van der Waals surface area (Å²) in [6, 6.07) is 1.39. The first-order valence-corrected chi connectivity index (χ1v) is 3.93. The quantitative estimate of drug-likeness (QED) is 0.470. The van der Waals surface area contributed by atoms with Gasteiger partial charge in [-0.1, -0.05) is 0 Å². The van der Waals surface area contributed by atoms with Crippen molar-refractivity contribution in [3.05, 3.63) is 11.8 Å². The summed E-state index contributed by atoms with van der Waals surface area (Å²) in [5.74, 6) is -0.460. The van der Waals surface area contributed by atoms with Crippen LogP contribution in [0.5, 0.6) is 0 Å². The van der Waals surface area contributed by atoms with Gasteiger partial charge >= 0.3 is 0 Å². The number of nitrogen functional groups attached to an aromatic ring is 1. The maximum Gasteiger partial charge on any atom is 0.269 e. The number of nitrogens with zero attached hydrogens (tertiary/aromatic N) is 1. The first-order valence-electron chi connectivity index (χ1n) is 3.93. The highest BCUT2D eigenvalue weighted by molar-refractivity contribution is 5.95. The Labute approximate surface area is 80.1 Å². The zero-order valence-electron chi connectivity index (χ0n) is 7.63. The Morgan fingerprint density at radius 3 is 2.86 bits per heavy atom. The van der Waals surface area contributed by atoms with Gasteiger partial charge in [0.25, 0.3) is 5.91 Å².